The van der Waals surface area contributed by atoms with Crippen molar-refractivity contribution in [2.45, 2.75) is 24.8 Å². The summed E-state index contributed by atoms with van der Waals surface area (Å²) in [4.78, 5) is 13.0. The number of hydrogen-bond acceptors (Lipinski definition) is 5. The average Bonchev–Trinajstić information content (AvgIpc) is 2.83. The summed E-state index contributed by atoms with van der Waals surface area (Å²) in [7, 11) is -0.935. The van der Waals surface area contributed by atoms with Crippen LogP contribution in [0.15, 0.2) is 77.7 Å². The van der Waals surface area contributed by atoms with E-state index in [-0.39, 0.29) is 17.5 Å². The van der Waals surface area contributed by atoms with E-state index in [0.717, 1.165) is 15.4 Å². The topological polar surface area (TPSA) is 84.9 Å². The van der Waals surface area contributed by atoms with Crippen molar-refractivity contribution in [1.29, 1.82) is 0 Å². The number of methoxy groups -OCH3 is 2. The molecular formula is C25H28N2O5S. The number of aryl methyl sites for hydroxylation is 1. The van der Waals surface area contributed by atoms with Crippen molar-refractivity contribution < 1.29 is 22.7 Å². The number of rotatable bonds is 9. The molecule has 174 valence electrons. The second-order valence-corrected chi connectivity index (χ2v) is 9.42. The Morgan fingerprint density at radius 2 is 1.58 bits per heavy atom. The van der Waals surface area contributed by atoms with Crippen molar-refractivity contribution in [3.05, 3.63) is 83.9 Å². The number of benzene rings is 3. The molecule has 0 heterocycles. The Morgan fingerprint density at radius 1 is 0.939 bits per heavy atom. The van der Waals surface area contributed by atoms with Gasteiger partial charge in [-0.25, -0.2) is 8.42 Å². The minimum Gasteiger partial charge on any atom is -0.497 e. The van der Waals surface area contributed by atoms with Crippen LogP contribution in [0.3, 0.4) is 0 Å². The molecule has 1 unspecified atom stereocenters. The Morgan fingerprint density at radius 3 is 2.18 bits per heavy atom. The predicted molar refractivity (Wildman–Crippen MR) is 128 cm³/mol. The van der Waals surface area contributed by atoms with Crippen LogP contribution in [0.25, 0.3) is 0 Å². The third-order valence-corrected chi connectivity index (χ3v) is 7.03. The quantitative estimate of drug-likeness (QED) is 0.511. The highest BCUT2D eigenvalue weighted by Gasteiger charge is 2.28. The summed E-state index contributed by atoms with van der Waals surface area (Å²) >= 11 is 0. The number of ether oxygens (including phenoxy) is 2. The van der Waals surface area contributed by atoms with Gasteiger partial charge < -0.3 is 14.8 Å². The standard InChI is InChI=1S/C25H28N2O5S/c1-18-9-11-20(12-10-18)27(33(29,30)22-15-13-21(31-3)14-16-22)17-25(28)26-19(2)23-7-5-6-8-24(23)32-4/h5-16,19H,17H2,1-4H3,(H,26,28). The number of amides is 1. The van der Waals surface area contributed by atoms with E-state index in [0.29, 0.717) is 17.2 Å². The van der Waals surface area contributed by atoms with E-state index in [1.54, 1.807) is 43.5 Å². The number of sulfonamides is 1. The summed E-state index contributed by atoms with van der Waals surface area (Å²) in [6.07, 6.45) is 0. The molecule has 0 spiro atoms. The van der Waals surface area contributed by atoms with E-state index in [4.69, 9.17) is 9.47 Å². The molecule has 0 aliphatic carbocycles. The van der Waals surface area contributed by atoms with Gasteiger partial charge in [-0.3, -0.25) is 9.10 Å². The lowest BCUT2D eigenvalue weighted by Crippen LogP contribution is -2.41. The molecule has 0 aliphatic rings. The van der Waals surface area contributed by atoms with Crippen LogP contribution in [0, 0.1) is 6.92 Å². The molecule has 1 N–H and O–H groups in total. The highest BCUT2D eigenvalue weighted by atomic mass is 32.2. The zero-order valence-electron chi connectivity index (χ0n) is 19.1. The fourth-order valence-corrected chi connectivity index (χ4v) is 4.84. The van der Waals surface area contributed by atoms with Gasteiger partial charge in [0.2, 0.25) is 5.91 Å². The second kappa shape index (κ2) is 10.4. The first-order chi connectivity index (χ1) is 15.8. The van der Waals surface area contributed by atoms with Gasteiger partial charge >= 0.3 is 0 Å². The van der Waals surface area contributed by atoms with Crippen LogP contribution in [0.5, 0.6) is 11.5 Å². The zero-order chi connectivity index (χ0) is 24.0. The maximum atomic E-state index is 13.5. The lowest BCUT2D eigenvalue weighted by Gasteiger charge is -2.25. The first-order valence-corrected chi connectivity index (χ1v) is 11.9. The van der Waals surface area contributed by atoms with Crippen LogP contribution in [-0.4, -0.2) is 35.1 Å². The molecule has 0 radical (unpaired) electrons. The predicted octanol–water partition coefficient (Wildman–Crippen LogP) is 4.08. The number of nitrogens with zero attached hydrogens (tertiary/aromatic N) is 1. The van der Waals surface area contributed by atoms with E-state index in [1.807, 2.05) is 38.1 Å². The molecule has 33 heavy (non-hydrogen) atoms. The van der Waals surface area contributed by atoms with Crippen LogP contribution in [0.1, 0.15) is 24.1 Å². The first kappa shape index (κ1) is 24.1. The third kappa shape index (κ3) is 5.64. The van der Waals surface area contributed by atoms with Crippen molar-refractivity contribution in [3.8, 4) is 11.5 Å². The number of carbonyl (C=O) groups is 1. The molecule has 7 nitrogen and oxygen atoms in total. The Labute approximate surface area is 195 Å². The molecule has 1 amide bonds. The summed E-state index contributed by atoms with van der Waals surface area (Å²) in [5, 5.41) is 2.88. The van der Waals surface area contributed by atoms with Gasteiger partial charge in [0.05, 0.1) is 30.8 Å². The number of anilines is 1. The SMILES string of the molecule is COc1ccc(S(=O)(=O)N(CC(=O)NC(C)c2ccccc2OC)c2ccc(C)cc2)cc1. The van der Waals surface area contributed by atoms with Crippen molar-refractivity contribution in [2.75, 3.05) is 25.1 Å². The largest absolute Gasteiger partial charge is 0.497 e. The Kier molecular flexibility index (Phi) is 7.60. The van der Waals surface area contributed by atoms with Crippen molar-refractivity contribution in [2.24, 2.45) is 0 Å². The summed E-state index contributed by atoms with van der Waals surface area (Å²) in [5.74, 6) is 0.747. The molecule has 0 bridgehead atoms. The Hall–Kier alpha value is -3.52. The molecule has 1 atom stereocenters. The molecule has 0 aromatic heterocycles. The molecule has 3 rings (SSSR count). The fourth-order valence-electron chi connectivity index (χ4n) is 3.42. The smallest absolute Gasteiger partial charge is 0.264 e. The number of carbonyl (C=O) groups excluding carboxylic acids is 1. The van der Waals surface area contributed by atoms with Gasteiger partial charge in [-0.05, 0) is 56.3 Å². The minimum absolute atomic E-state index is 0.0643. The van der Waals surface area contributed by atoms with Crippen LogP contribution < -0.4 is 19.1 Å². The first-order valence-electron chi connectivity index (χ1n) is 10.4. The van der Waals surface area contributed by atoms with Gasteiger partial charge in [0.1, 0.15) is 18.0 Å². The van der Waals surface area contributed by atoms with Gasteiger partial charge in [-0.2, -0.15) is 0 Å². The van der Waals surface area contributed by atoms with E-state index in [2.05, 4.69) is 5.32 Å². The van der Waals surface area contributed by atoms with E-state index < -0.39 is 15.9 Å². The molecule has 8 heteroatoms. The fraction of sp³-hybridized carbons (Fsp3) is 0.240. The van der Waals surface area contributed by atoms with Gasteiger partial charge in [-0.1, -0.05) is 35.9 Å². The molecule has 0 saturated heterocycles. The maximum Gasteiger partial charge on any atom is 0.264 e. The van der Waals surface area contributed by atoms with Gasteiger partial charge in [-0.15, -0.1) is 0 Å². The van der Waals surface area contributed by atoms with Crippen molar-refractivity contribution >= 4 is 21.6 Å². The molecule has 3 aromatic carbocycles. The molecule has 0 aliphatic heterocycles. The molecule has 3 aromatic rings. The Bertz CT molecular complexity index is 1190. The Balaban J connectivity index is 1.89. The summed E-state index contributed by atoms with van der Waals surface area (Å²) < 4.78 is 38.6. The van der Waals surface area contributed by atoms with Gasteiger partial charge in [0, 0.05) is 5.56 Å². The number of hydrogen-bond donors (Lipinski definition) is 1. The van der Waals surface area contributed by atoms with E-state index in [9.17, 15) is 13.2 Å². The minimum atomic E-state index is -4.01. The highest BCUT2D eigenvalue weighted by Crippen LogP contribution is 2.27. The second-order valence-electron chi connectivity index (χ2n) is 7.55. The van der Waals surface area contributed by atoms with Gasteiger partial charge in [0.15, 0.2) is 0 Å². The van der Waals surface area contributed by atoms with Crippen LogP contribution in [-0.2, 0) is 14.8 Å². The third-order valence-electron chi connectivity index (χ3n) is 5.24. The van der Waals surface area contributed by atoms with E-state index >= 15 is 0 Å². The lowest BCUT2D eigenvalue weighted by molar-refractivity contribution is -0.120. The number of para-hydroxylation sites is 1. The number of nitrogens with one attached hydrogen (secondary N) is 1. The summed E-state index contributed by atoms with van der Waals surface area (Å²) in [6.45, 7) is 3.36. The molecular weight excluding hydrogens is 440 g/mol. The van der Waals surface area contributed by atoms with Gasteiger partial charge in [0.25, 0.3) is 10.0 Å². The molecule has 0 saturated carbocycles. The average molecular weight is 469 g/mol. The van der Waals surface area contributed by atoms with E-state index in [1.165, 1.54) is 19.2 Å². The lowest BCUT2D eigenvalue weighted by atomic mass is 10.1. The summed E-state index contributed by atoms with van der Waals surface area (Å²) in [5.41, 5.74) is 2.18. The van der Waals surface area contributed by atoms with Crippen LogP contribution >= 0.6 is 0 Å². The van der Waals surface area contributed by atoms with Crippen molar-refractivity contribution in [1.82, 2.24) is 5.32 Å². The van der Waals surface area contributed by atoms with Crippen molar-refractivity contribution in [3.63, 3.8) is 0 Å². The summed E-state index contributed by atoms with van der Waals surface area (Å²) in [6, 6.07) is 20.1. The maximum absolute atomic E-state index is 13.5. The van der Waals surface area contributed by atoms with Crippen LogP contribution in [0.4, 0.5) is 5.69 Å². The highest BCUT2D eigenvalue weighted by molar-refractivity contribution is 7.92. The zero-order valence-corrected chi connectivity index (χ0v) is 19.9. The molecule has 0 fully saturated rings. The normalized spacial score (nSPS) is 12.0. The van der Waals surface area contributed by atoms with Crippen LogP contribution in [0.2, 0.25) is 0 Å². The monoisotopic (exact) mass is 468 g/mol.